The number of rotatable bonds is 11. The molecule has 30 heavy (non-hydrogen) atoms. The Labute approximate surface area is 180 Å². The quantitative estimate of drug-likeness (QED) is 0.335. The second-order valence-electron chi connectivity index (χ2n) is 7.52. The maximum atomic E-state index is 5.67. The van der Waals surface area contributed by atoms with E-state index in [4.69, 9.17) is 9.47 Å². The molecule has 1 heterocycles. The Balaban J connectivity index is 1.82. The molecular formula is C23H37N5O2. The number of nitrogens with one attached hydrogen (secondary N) is 2. The fourth-order valence-corrected chi connectivity index (χ4v) is 3.37. The Hall–Kier alpha value is -2.38. The van der Waals surface area contributed by atoms with E-state index in [0.717, 1.165) is 30.2 Å². The maximum Gasteiger partial charge on any atom is 0.191 e. The van der Waals surface area contributed by atoms with Gasteiger partial charge in [-0.15, -0.1) is 0 Å². The van der Waals surface area contributed by atoms with Crippen LogP contribution >= 0.6 is 0 Å². The lowest BCUT2D eigenvalue weighted by atomic mass is 10.1. The van der Waals surface area contributed by atoms with Gasteiger partial charge in [0.25, 0.3) is 0 Å². The number of guanidine groups is 1. The molecule has 0 saturated carbocycles. The summed E-state index contributed by atoms with van der Waals surface area (Å²) in [4.78, 5) is 4.37. The number of ether oxygens (including phenoxy) is 2. The summed E-state index contributed by atoms with van der Waals surface area (Å²) in [6.45, 7) is 11.6. The van der Waals surface area contributed by atoms with Gasteiger partial charge in [-0.25, -0.2) is 0 Å². The van der Waals surface area contributed by atoms with E-state index in [1.54, 1.807) is 7.05 Å². The van der Waals surface area contributed by atoms with Crippen LogP contribution < -0.4 is 10.6 Å². The third kappa shape index (κ3) is 7.46. The van der Waals surface area contributed by atoms with Crippen molar-refractivity contribution in [3.05, 3.63) is 52.3 Å². The highest BCUT2D eigenvalue weighted by molar-refractivity contribution is 5.79. The normalized spacial score (nSPS) is 12.8. The molecule has 0 spiro atoms. The lowest BCUT2D eigenvalue weighted by molar-refractivity contribution is 0.0453. The Morgan fingerprint density at radius 3 is 2.60 bits per heavy atom. The van der Waals surface area contributed by atoms with E-state index in [0.29, 0.717) is 26.4 Å². The molecular weight excluding hydrogens is 378 g/mol. The van der Waals surface area contributed by atoms with E-state index in [2.05, 4.69) is 65.8 Å². The number of aryl methyl sites for hydroxylation is 2. The summed E-state index contributed by atoms with van der Waals surface area (Å²) in [5.41, 5.74) is 5.95. The summed E-state index contributed by atoms with van der Waals surface area (Å²) >= 11 is 0. The van der Waals surface area contributed by atoms with Crippen molar-refractivity contribution in [3.63, 3.8) is 0 Å². The molecule has 0 bridgehead atoms. The summed E-state index contributed by atoms with van der Waals surface area (Å²) in [6.07, 6.45) is 0.904. The first kappa shape index (κ1) is 23.9. The van der Waals surface area contributed by atoms with E-state index in [1.165, 1.54) is 16.8 Å². The van der Waals surface area contributed by atoms with Crippen LogP contribution in [0.3, 0.4) is 0 Å². The first-order chi connectivity index (χ1) is 14.4. The molecule has 7 nitrogen and oxygen atoms in total. The van der Waals surface area contributed by atoms with Crippen molar-refractivity contribution in [1.82, 2.24) is 20.4 Å². The van der Waals surface area contributed by atoms with Gasteiger partial charge in [-0.1, -0.05) is 24.3 Å². The molecule has 0 aliphatic rings. The van der Waals surface area contributed by atoms with Crippen LogP contribution in [0, 0.1) is 13.8 Å². The standard InChI is InChI=1S/C23H37N5O2/c1-7-29-11-12-30-16-21-10-8-9-20(14-21)15-25-23(24-5)26-17(2)13-22-18(3)27-28(6)19(22)4/h8-10,14,17H,7,11-13,15-16H2,1-6H3,(H2,24,25,26). The number of aromatic nitrogens is 2. The van der Waals surface area contributed by atoms with Crippen molar-refractivity contribution >= 4 is 5.96 Å². The molecule has 1 aromatic carbocycles. The number of nitrogens with zero attached hydrogens (tertiary/aromatic N) is 3. The summed E-state index contributed by atoms with van der Waals surface area (Å²) in [5.74, 6) is 0.792. The maximum absolute atomic E-state index is 5.67. The van der Waals surface area contributed by atoms with Crippen molar-refractivity contribution in [2.45, 2.75) is 53.3 Å². The van der Waals surface area contributed by atoms with Crippen molar-refractivity contribution in [2.24, 2.45) is 12.0 Å². The predicted molar refractivity (Wildman–Crippen MR) is 122 cm³/mol. The minimum atomic E-state index is 0.239. The van der Waals surface area contributed by atoms with Gasteiger partial charge in [0.15, 0.2) is 5.96 Å². The Kier molecular flexibility index (Phi) is 9.83. The monoisotopic (exact) mass is 415 g/mol. The molecule has 1 unspecified atom stereocenters. The highest BCUT2D eigenvalue weighted by atomic mass is 16.5. The number of hydrogen-bond donors (Lipinski definition) is 2. The minimum absolute atomic E-state index is 0.239. The first-order valence-corrected chi connectivity index (χ1v) is 10.6. The van der Waals surface area contributed by atoms with Crippen molar-refractivity contribution < 1.29 is 9.47 Å². The van der Waals surface area contributed by atoms with Gasteiger partial charge in [-0.3, -0.25) is 9.67 Å². The highest BCUT2D eigenvalue weighted by Gasteiger charge is 2.14. The van der Waals surface area contributed by atoms with Crippen LogP contribution in [0.15, 0.2) is 29.3 Å². The predicted octanol–water partition coefficient (Wildman–Crippen LogP) is 2.89. The van der Waals surface area contributed by atoms with Crippen molar-refractivity contribution in [3.8, 4) is 0 Å². The summed E-state index contributed by atoms with van der Waals surface area (Å²) in [5, 5.41) is 11.4. The molecule has 0 aliphatic carbocycles. The lowest BCUT2D eigenvalue weighted by Gasteiger charge is -2.18. The van der Waals surface area contributed by atoms with Crippen LogP contribution in [0.25, 0.3) is 0 Å². The Morgan fingerprint density at radius 2 is 1.93 bits per heavy atom. The fraction of sp³-hybridized carbons (Fsp3) is 0.565. The minimum Gasteiger partial charge on any atom is -0.379 e. The second kappa shape index (κ2) is 12.3. The zero-order chi connectivity index (χ0) is 21.9. The molecule has 2 N–H and O–H groups in total. The molecule has 0 amide bonds. The SMILES string of the molecule is CCOCCOCc1cccc(CNC(=NC)NC(C)Cc2c(C)nn(C)c2C)c1. The van der Waals surface area contributed by atoms with E-state index < -0.39 is 0 Å². The van der Waals surface area contributed by atoms with Crippen LogP contribution in [-0.4, -0.2) is 48.7 Å². The molecule has 2 rings (SSSR count). The van der Waals surface area contributed by atoms with Crippen molar-refractivity contribution in [1.29, 1.82) is 0 Å². The Bertz CT molecular complexity index is 816. The number of aliphatic imine (C=N–C) groups is 1. The smallest absolute Gasteiger partial charge is 0.191 e. The molecule has 0 radical (unpaired) electrons. The van der Waals surface area contributed by atoms with E-state index in [-0.39, 0.29) is 6.04 Å². The molecule has 7 heteroatoms. The van der Waals surface area contributed by atoms with E-state index >= 15 is 0 Å². The molecule has 166 valence electrons. The molecule has 0 fully saturated rings. The zero-order valence-corrected chi connectivity index (χ0v) is 19.3. The van der Waals surface area contributed by atoms with Gasteiger partial charge < -0.3 is 20.1 Å². The van der Waals surface area contributed by atoms with Gasteiger partial charge in [0.1, 0.15) is 0 Å². The topological polar surface area (TPSA) is 72.7 Å². The van der Waals surface area contributed by atoms with Crippen LogP contribution in [0.2, 0.25) is 0 Å². The summed E-state index contributed by atoms with van der Waals surface area (Å²) in [6, 6.07) is 8.65. The van der Waals surface area contributed by atoms with Gasteiger partial charge in [0, 0.05) is 39.0 Å². The molecule has 0 saturated heterocycles. The van der Waals surface area contributed by atoms with Crippen LogP contribution in [0.5, 0.6) is 0 Å². The average Bonchev–Trinajstić information content (AvgIpc) is 2.97. The van der Waals surface area contributed by atoms with Gasteiger partial charge in [0.05, 0.1) is 25.5 Å². The molecule has 1 atom stereocenters. The van der Waals surface area contributed by atoms with Gasteiger partial charge in [0.2, 0.25) is 0 Å². The third-order valence-corrected chi connectivity index (χ3v) is 5.07. The average molecular weight is 416 g/mol. The van der Waals surface area contributed by atoms with Crippen LogP contribution in [0.1, 0.15) is 41.9 Å². The van der Waals surface area contributed by atoms with Crippen LogP contribution in [0.4, 0.5) is 0 Å². The highest BCUT2D eigenvalue weighted by Crippen LogP contribution is 2.14. The second-order valence-corrected chi connectivity index (χ2v) is 7.52. The third-order valence-electron chi connectivity index (χ3n) is 5.07. The lowest BCUT2D eigenvalue weighted by Crippen LogP contribution is -2.42. The molecule has 0 aliphatic heterocycles. The van der Waals surface area contributed by atoms with Crippen LogP contribution in [-0.2, 0) is 36.1 Å². The molecule has 1 aromatic heterocycles. The van der Waals surface area contributed by atoms with Gasteiger partial charge >= 0.3 is 0 Å². The largest absolute Gasteiger partial charge is 0.379 e. The number of hydrogen-bond acceptors (Lipinski definition) is 4. The van der Waals surface area contributed by atoms with Gasteiger partial charge in [-0.2, -0.15) is 5.10 Å². The first-order valence-electron chi connectivity index (χ1n) is 10.6. The fourth-order valence-electron chi connectivity index (χ4n) is 3.37. The Morgan fingerprint density at radius 1 is 1.20 bits per heavy atom. The van der Waals surface area contributed by atoms with E-state index in [9.17, 15) is 0 Å². The summed E-state index contributed by atoms with van der Waals surface area (Å²) < 4.78 is 12.9. The van der Waals surface area contributed by atoms with Crippen molar-refractivity contribution in [2.75, 3.05) is 26.9 Å². The number of benzene rings is 1. The van der Waals surface area contributed by atoms with E-state index in [1.807, 2.05) is 18.7 Å². The van der Waals surface area contributed by atoms with Gasteiger partial charge in [-0.05, 0) is 50.8 Å². The zero-order valence-electron chi connectivity index (χ0n) is 19.3. The molecule has 2 aromatic rings. The summed E-state index contributed by atoms with van der Waals surface area (Å²) in [7, 11) is 3.79.